The van der Waals surface area contributed by atoms with Crippen molar-refractivity contribution in [1.29, 1.82) is 0 Å². The van der Waals surface area contributed by atoms with Crippen molar-refractivity contribution in [3.8, 4) is 11.4 Å². The highest BCUT2D eigenvalue weighted by Crippen LogP contribution is 2.47. The van der Waals surface area contributed by atoms with Crippen molar-refractivity contribution in [1.82, 2.24) is 9.13 Å². The van der Waals surface area contributed by atoms with E-state index in [1.807, 2.05) is 0 Å². The summed E-state index contributed by atoms with van der Waals surface area (Å²) in [6, 6.07) is 23.0. The fourth-order valence-corrected chi connectivity index (χ4v) is 11.2. The lowest BCUT2D eigenvalue weighted by atomic mass is 9.73. The molecule has 7 rings (SSSR count). The summed E-state index contributed by atoms with van der Waals surface area (Å²) in [6.07, 6.45) is 0. The van der Waals surface area contributed by atoms with Gasteiger partial charge in [-0.2, -0.15) is 0 Å². The summed E-state index contributed by atoms with van der Waals surface area (Å²) >= 11 is 0. The van der Waals surface area contributed by atoms with E-state index in [0.717, 1.165) is 33.4 Å². The van der Waals surface area contributed by atoms with Crippen molar-refractivity contribution < 1.29 is 0 Å². The number of rotatable bonds is 6. The SMILES string of the molecule is CC(C)c1cc2c(=O)c3cc4c(cc3n(-c3c(C(C)(C)C)cc(C(C)(C)C)cc3C(C)(C)C)c2cc1C(C)C)c(=O)c1cc(C(C)C)c(C(C)C)cc1n4-c1c(C(C)(C)C)cc(C(C)(C)C)cc1C(C)(C)C. The first kappa shape index (κ1) is 54.8. The number of pyridine rings is 2. The highest BCUT2D eigenvalue weighted by molar-refractivity contribution is 6.06. The first-order valence-corrected chi connectivity index (χ1v) is 27.3. The Hall–Kier alpha value is -4.96. The summed E-state index contributed by atoms with van der Waals surface area (Å²) in [5, 5.41) is 2.62. The third kappa shape index (κ3) is 9.56. The lowest BCUT2D eigenvalue weighted by Gasteiger charge is -2.36. The Labute approximate surface area is 435 Å². The minimum atomic E-state index is -0.288. The Morgan fingerprint density at radius 2 is 0.500 bits per heavy atom. The Morgan fingerprint density at radius 1 is 0.292 bits per heavy atom. The quantitative estimate of drug-likeness (QED) is 0.156. The van der Waals surface area contributed by atoms with Crippen LogP contribution in [0.4, 0.5) is 0 Å². The summed E-state index contributed by atoms with van der Waals surface area (Å²) < 4.78 is 4.84. The number of benzene rings is 5. The van der Waals surface area contributed by atoms with Crippen molar-refractivity contribution >= 4 is 43.6 Å². The molecule has 0 fully saturated rings. The Kier molecular flexibility index (Phi) is 13.6. The monoisotopic (exact) mass is 969 g/mol. The van der Waals surface area contributed by atoms with Crippen LogP contribution in [0.2, 0.25) is 0 Å². The average molecular weight is 969 g/mol. The van der Waals surface area contributed by atoms with E-state index < -0.39 is 0 Å². The summed E-state index contributed by atoms with van der Waals surface area (Å²) in [7, 11) is 0. The molecule has 0 aliphatic heterocycles. The third-order valence-electron chi connectivity index (χ3n) is 15.6. The summed E-state index contributed by atoms with van der Waals surface area (Å²) in [5.74, 6) is 0.855. The van der Waals surface area contributed by atoms with E-state index in [4.69, 9.17) is 0 Å². The van der Waals surface area contributed by atoms with Crippen LogP contribution in [0, 0.1) is 0 Å². The van der Waals surface area contributed by atoms with Gasteiger partial charge in [0.15, 0.2) is 10.9 Å². The van der Waals surface area contributed by atoms with Gasteiger partial charge >= 0.3 is 0 Å². The van der Waals surface area contributed by atoms with Crippen LogP contribution in [0.3, 0.4) is 0 Å². The number of hydrogen-bond donors (Lipinski definition) is 0. The second-order valence-electron chi connectivity index (χ2n) is 29.2. The number of hydrogen-bond acceptors (Lipinski definition) is 2. The van der Waals surface area contributed by atoms with Gasteiger partial charge in [0, 0.05) is 21.5 Å². The lowest BCUT2D eigenvalue weighted by molar-refractivity contribution is 0.544. The zero-order chi connectivity index (χ0) is 54.2. The fourth-order valence-electron chi connectivity index (χ4n) is 11.2. The molecule has 0 amide bonds. The molecule has 4 nitrogen and oxygen atoms in total. The molecule has 386 valence electrons. The molecule has 0 aliphatic carbocycles. The average Bonchev–Trinajstić information content (AvgIpc) is 3.22. The molecule has 2 aromatic heterocycles. The van der Waals surface area contributed by atoms with Gasteiger partial charge in [0.2, 0.25) is 0 Å². The smallest absolute Gasteiger partial charge is 0.197 e. The normalized spacial score (nSPS) is 13.8. The van der Waals surface area contributed by atoms with Crippen LogP contribution in [0.25, 0.3) is 55.0 Å². The van der Waals surface area contributed by atoms with E-state index in [1.54, 1.807) is 0 Å². The minimum absolute atomic E-state index is 0.0106. The maximum absolute atomic E-state index is 16.1. The van der Waals surface area contributed by atoms with Crippen molar-refractivity contribution in [2.45, 2.75) is 236 Å². The van der Waals surface area contributed by atoms with E-state index in [0.29, 0.717) is 21.5 Å². The third-order valence-corrected chi connectivity index (χ3v) is 15.6. The summed E-state index contributed by atoms with van der Waals surface area (Å²) in [4.78, 5) is 32.2. The molecular weight excluding hydrogens is 877 g/mol. The molecule has 0 atom stereocenters. The number of nitrogens with zero attached hydrogens (tertiary/aromatic N) is 2. The number of fused-ring (bicyclic) bond motifs is 4. The van der Waals surface area contributed by atoms with E-state index in [1.165, 1.54) is 55.6 Å². The second kappa shape index (κ2) is 17.9. The number of aromatic nitrogens is 2. The van der Waals surface area contributed by atoms with Gasteiger partial charge in [-0.3, -0.25) is 9.59 Å². The van der Waals surface area contributed by atoms with Crippen molar-refractivity contribution in [3.63, 3.8) is 0 Å². The topological polar surface area (TPSA) is 44.0 Å². The zero-order valence-corrected chi connectivity index (χ0v) is 49.8. The van der Waals surface area contributed by atoms with Gasteiger partial charge in [-0.15, -0.1) is 0 Å². The lowest BCUT2D eigenvalue weighted by Crippen LogP contribution is -2.27. The Bertz CT molecular complexity index is 3130. The van der Waals surface area contributed by atoms with Crippen LogP contribution >= 0.6 is 0 Å². The first-order valence-electron chi connectivity index (χ1n) is 27.3. The maximum Gasteiger partial charge on any atom is 0.197 e. The van der Waals surface area contributed by atoms with E-state index in [2.05, 4.69) is 250 Å². The van der Waals surface area contributed by atoms with Gasteiger partial charge in [0.25, 0.3) is 0 Å². The molecule has 0 bridgehead atoms. The van der Waals surface area contributed by atoms with Gasteiger partial charge < -0.3 is 9.13 Å². The molecule has 0 saturated heterocycles. The molecule has 0 N–H and O–H groups in total. The summed E-state index contributed by atoms with van der Waals surface area (Å²) in [5.41, 5.74) is 16.4. The van der Waals surface area contributed by atoms with Gasteiger partial charge in [-0.05, 0) is 148 Å². The molecule has 0 spiro atoms. The standard InChI is InChI=1S/C68H92N2O2/c1-37(2)43-31-47-55(33-45(43)39(5)6)69(59-51(65(15,16)17)27-41(63(9,10)11)28-52(59)66(18,19)20)57-36-50-58(35-49(57)61(47)71)70(56-34-46(40(7)8)44(38(3)4)32-48(56)62(50)72)60-53(67(21,22)23)29-42(64(12,13)14)30-54(60)68(24,25)26/h27-40H,1-26H3. The largest absolute Gasteiger partial charge is 0.308 e. The summed E-state index contributed by atoms with van der Waals surface area (Å²) in [6.45, 7) is 59.6. The van der Waals surface area contributed by atoms with Gasteiger partial charge in [0.1, 0.15) is 0 Å². The zero-order valence-electron chi connectivity index (χ0n) is 49.8. The molecule has 72 heavy (non-hydrogen) atoms. The van der Waals surface area contributed by atoms with Crippen molar-refractivity contribution in [3.05, 3.63) is 137 Å². The van der Waals surface area contributed by atoms with Crippen LogP contribution < -0.4 is 10.9 Å². The molecule has 0 unspecified atom stereocenters. The second-order valence-corrected chi connectivity index (χ2v) is 29.2. The van der Waals surface area contributed by atoms with Crippen LogP contribution in [0.1, 0.15) is 259 Å². The Morgan fingerprint density at radius 3 is 0.708 bits per heavy atom. The van der Waals surface area contributed by atoms with Gasteiger partial charge in [-0.25, -0.2) is 0 Å². The predicted molar refractivity (Wildman–Crippen MR) is 316 cm³/mol. The van der Waals surface area contributed by atoms with E-state index in [9.17, 15) is 0 Å². The van der Waals surface area contributed by atoms with Crippen LogP contribution in [-0.4, -0.2) is 9.13 Å². The van der Waals surface area contributed by atoms with Crippen molar-refractivity contribution in [2.24, 2.45) is 0 Å². The molecule has 0 radical (unpaired) electrons. The highest BCUT2D eigenvalue weighted by Gasteiger charge is 2.35. The maximum atomic E-state index is 16.1. The van der Waals surface area contributed by atoms with E-state index in [-0.39, 0.29) is 67.0 Å². The Balaban J connectivity index is 1.94. The highest BCUT2D eigenvalue weighted by atomic mass is 16.1. The molecule has 5 aromatic carbocycles. The minimum Gasteiger partial charge on any atom is -0.308 e. The molecule has 2 heterocycles. The predicted octanol–water partition coefficient (Wildman–Crippen LogP) is 18.9. The first-order chi connectivity index (χ1) is 32.7. The molecular formula is C68H92N2O2. The molecule has 4 heteroatoms. The molecule has 7 aromatic rings. The van der Waals surface area contributed by atoms with Crippen LogP contribution in [0.15, 0.2) is 70.3 Å². The van der Waals surface area contributed by atoms with E-state index >= 15 is 9.59 Å². The molecule has 0 saturated carbocycles. The van der Waals surface area contributed by atoms with Crippen LogP contribution in [0.5, 0.6) is 0 Å². The van der Waals surface area contributed by atoms with Gasteiger partial charge in [-0.1, -0.05) is 204 Å². The van der Waals surface area contributed by atoms with Gasteiger partial charge in [0.05, 0.1) is 33.4 Å². The van der Waals surface area contributed by atoms with Crippen molar-refractivity contribution in [2.75, 3.05) is 0 Å². The fraction of sp³-hybridized carbons (Fsp3) is 0.529. The van der Waals surface area contributed by atoms with Crippen LogP contribution in [-0.2, 0) is 32.5 Å². The molecule has 0 aliphatic rings.